The third-order valence-electron chi connectivity index (χ3n) is 3.69. The molecule has 3 heterocycles. The van der Waals surface area contributed by atoms with E-state index in [0.29, 0.717) is 6.04 Å². The van der Waals surface area contributed by atoms with Crippen molar-refractivity contribution in [2.75, 3.05) is 13.1 Å². The number of thiophene rings is 1. The average molecular weight is 293 g/mol. The molecule has 96 valence electrons. The van der Waals surface area contributed by atoms with Gasteiger partial charge in [-0.05, 0) is 36.3 Å². The van der Waals surface area contributed by atoms with Crippen molar-refractivity contribution in [3.63, 3.8) is 0 Å². The lowest BCUT2D eigenvalue weighted by Gasteiger charge is -2.23. The van der Waals surface area contributed by atoms with Gasteiger partial charge in [0, 0.05) is 31.7 Å². The summed E-state index contributed by atoms with van der Waals surface area (Å²) >= 11 is 7.79. The van der Waals surface area contributed by atoms with Crippen LogP contribution in [0.4, 0.5) is 0 Å². The molecule has 5 heteroatoms. The molecular weight excluding hydrogens is 275 g/mol. The van der Waals surface area contributed by atoms with Gasteiger partial charge in [-0.15, -0.1) is 23.7 Å². The van der Waals surface area contributed by atoms with Crippen LogP contribution in [0.1, 0.15) is 24.8 Å². The molecule has 2 bridgehead atoms. The third-order valence-corrected chi connectivity index (χ3v) is 4.95. The molecule has 0 saturated carbocycles. The molecule has 2 saturated heterocycles. The fourth-order valence-electron chi connectivity index (χ4n) is 2.83. The number of nitrogens with zero attached hydrogens (tertiary/aromatic N) is 1. The second-order valence-electron chi connectivity index (χ2n) is 4.88. The Hall–Kier alpha value is 0.200. The Labute approximate surface area is 118 Å². The second kappa shape index (κ2) is 5.89. The minimum absolute atomic E-state index is 0. The van der Waals surface area contributed by atoms with Crippen molar-refractivity contribution in [3.05, 3.63) is 21.3 Å². The van der Waals surface area contributed by atoms with E-state index in [9.17, 15) is 0 Å². The fourth-order valence-corrected chi connectivity index (χ4v) is 3.74. The van der Waals surface area contributed by atoms with E-state index < -0.39 is 0 Å². The first-order valence-electron chi connectivity index (χ1n) is 6.01. The van der Waals surface area contributed by atoms with Gasteiger partial charge < -0.3 is 5.32 Å². The molecule has 0 spiro atoms. The molecule has 2 unspecified atom stereocenters. The Kier molecular flexibility index (Phi) is 4.72. The van der Waals surface area contributed by atoms with Crippen molar-refractivity contribution in [2.45, 2.75) is 37.9 Å². The molecular formula is C12H18Cl2N2S. The summed E-state index contributed by atoms with van der Waals surface area (Å²) in [4.78, 5) is 2.55. The maximum absolute atomic E-state index is 6.16. The Morgan fingerprint density at radius 3 is 2.94 bits per heavy atom. The minimum atomic E-state index is 0. The van der Waals surface area contributed by atoms with Crippen LogP contribution in [0.2, 0.25) is 4.34 Å². The first-order chi connectivity index (χ1) is 7.81. The highest BCUT2D eigenvalue weighted by molar-refractivity contribution is 7.14. The molecule has 1 aromatic rings. The monoisotopic (exact) mass is 292 g/mol. The van der Waals surface area contributed by atoms with Crippen LogP contribution in [0.5, 0.6) is 0 Å². The van der Waals surface area contributed by atoms with E-state index in [1.165, 1.54) is 37.9 Å². The highest BCUT2D eigenvalue weighted by atomic mass is 35.5. The lowest BCUT2D eigenvalue weighted by atomic mass is 10.1. The molecule has 2 nitrogen and oxygen atoms in total. The van der Waals surface area contributed by atoms with Crippen LogP contribution in [0.15, 0.2) is 11.4 Å². The maximum atomic E-state index is 6.16. The number of fused-ring (bicyclic) bond motifs is 2. The van der Waals surface area contributed by atoms with Crippen molar-refractivity contribution in [2.24, 2.45) is 0 Å². The zero-order valence-electron chi connectivity index (χ0n) is 9.69. The van der Waals surface area contributed by atoms with E-state index in [-0.39, 0.29) is 12.4 Å². The Bertz CT molecular complexity index is 369. The van der Waals surface area contributed by atoms with Crippen LogP contribution in [0.3, 0.4) is 0 Å². The zero-order valence-corrected chi connectivity index (χ0v) is 12.1. The third kappa shape index (κ3) is 3.15. The van der Waals surface area contributed by atoms with Crippen LogP contribution in [-0.2, 0) is 6.54 Å². The van der Waals surface area contributed by atoms with Crippen LogP contribution < -0.4 is 5.32 Å². The molecule has 0 radical (unpaired) electrons. The van der Waals surface area contributed by atoms with Gasteiger partial charge in [0.25, 0.3) is 0 Å². The summed E-state index contributed by atoms with van der Waals surface area (Å²) in [6.45, 7) is 3.41. The molecule has 2 aliphatic heterocycles. The summed E-state index contributed by atoms with van der Waals surface area (Å²) in [6.07, 6.45) is 4.01. The summed E-state index contributed by atoms with van der Waals surface area (Å²) < 4.78 is 0.961. The lowest BCUT2D eigenvalue weighted by Crippen LogP contribution is -2.34. The lowest BCUT2D eigenvalue weighted by molar-refractivity contribution is 0.251. The van der Waals surface area contributed by atoms with E-state index in [0.717, 1.165) is 16.9 Å². The van der Waals surface area contributed by atoms with Crippen molar-refractivity contribution < 1.29 is 0 Å². The highest BCUT2D eigenvalue weighted by Gasteiger charge is 2.29. The van der Waals surface area contributed by atoms with Gasteiger partial charge in [0.1, 0.15) is 0 Å². The first kappa shape index (κ1) is 13.6. The number of halogens is 2. The van der Waals surface area contributed by atoms with Gasteiger partial charge in [0.15, 0.2) is 0 Å². The molecule has 0 aromatic carbocycles. The predicted molar refractivity (Wildman–Crippen MR) is 76.4 cm³/mol. The van der Waals surface area contributed by atoms with Gasteiger partial charge in [0.2, 0.25) is 0 Å². The molecule has 1 N–H and O–H groups in total. The van der Waals surface area contributed by atoms with E-state index >= 15 is 0 Å². The maximum Gasteiger partial charge on any atom is 0.0973 e. The van der Waals surface area contributed by atoms with Crippen molar-refractivity contribution in [1.29, 1.82) is 0 Å². The smallest absolute Gasteiger partial charge is 0.0973 e. The molecule has 1 aromatic heterocycles. The number of hydrogen-bond donors (Lipinski definition) is 1. The summed E-state index contributed by atoms with van der Waals surface area (Å²) in [5, 5.41) is 5.79. The van der Waals surface area contributed by atoms with Gasteiger partial charge in [-0.2, -0.15) is 0 Å². The van der Waals surface area contributed by atoms with Crippen LogP contribution in [-0.4, -0.2) is 30.1 Å². The van der Waals surface area contributed by atoms with Crippen molar-refractivity contribution in [1.82, 2.24) is 10.2 Å². The van der Waals surface area contributed by atoms with E-state index in [1.807, 2.05) is 0 Å². The van der Waals surface area contributed by atoms with Gasteiger partial charge in [-0.25, -0.2) is 0 Å². The fraction of sp³-hybridized carbons (Fsp3) is 0.667. The topological polar surface area (TPSA) is 15.3 Å². The van der Waals surface area contributed by atoms with E-state index in [1.54, 1.807) is 11.3 Å². The molecule has 2 aliphatic rings. The average Bonchev–Trinajstić information content (AvgIpc) is 2.78. The van der Waals surface area contributed by atoms with Gasteiger partial charge >= 0.3 is 0 Å². The van der Waals surface area contributed by atoms with Crippen molar-refractivity contribution in [3.8, 4) is 0 Å². The summed E-state index contributed by atoms with van der Waals surface area (Å²) in [5.41, 5.74) is 1.30. The molecule has 2 fully saturated rings. The van der Waals surface area contributed by atoms with Gasteiger partial charge in [0.05, 0.1) is 4.34 Å². The summed E-state index contributed by atoms with van der Waals surface area (Å²) in [6, 6.07) is 3.64. The van der Waals surface area contributed by atoms with Gasteiger partial charge in [-0.3, -0.25) is 4.90 Å². The second-order valence-corrected chi connectivity index (χ2v) is 6.40. The highest BCUT2D eigenvalue weighted by Crippen LogP contribution is 2.26. The number of rotatable bonds is 2. The molecule has 2 atom stereocenters. The standard InChI is InChI=1S/C12H17ClN2S.ClH/c13-12-9(4-6-16-12)7-15-5-3-10-1-2-11(8-15)14-10;/h4,6,10-11,14H,1-3,5,7-8H2;1H. The number of hydrogen-bond acceptors (Lipinski definition) is 3. The summed E-state index contributed by atoms with van der Waals surface area (Å²) in [5.74, 6) is 0. The molecule has 3 rings (SSSR count). The SMILES string of the molecule is Cl.Clc1sccc1CN1CCC2CCC(C1)N2. The van der Waals surface area contributed by atoms with Gasteiger partial charge in [-0.1, -0.05) is 11.6 Å². The molecule has 0 aliphatic carbocycles. The largest absolute Gasteiger partial charge is 0.310 e. The number of likely N-dealkylation sites (tertiary alicyclic amines) is 1. The van der Waals surface area contributed by atoms with Crippen LogP contribution in [0, 0.1) is 0 Å². The quantitative estimate of drug-likeness (QED) is 0.901. The number of nitrogens with one attached hydrogen (secondary N) is 1. The molecule has 0 amide bonds. The Morgan fingerprint density at radius 2 is 2.18 bits per heavy atom. The van der Waals surface area contributed by atoms with Crippen molar-refractivity contribution >= 4 is 35.3 Å². The minimum Gasteiger partial charge on any atom is -0.310 e. The zero-order chi connectivity index (χ0) is 11.0. The Balaban J connectivity index is 0.00000108. The van der Waals surface area contributed by atoms with E-state index in [4.69, 9.17) is 11.6 Å². The van der Waals surface area contributed by atoms with E-state index in [2.05, 4.69) is 21.7 Å². The predicted octanol–water partition coefficient (Wildman–Crippen LogP) is 3.15. The Morgan fingerprint density at radius 1 is 1.35 bits per heavy atom. The normalized spacial score (nSPS) is 28.8. The summed E-state index contributed by atoms with van der Waals surface area (Å²) in [7, 11) is 0. The van der Waals surface area contributed by atoms with Crippen LogP contribution in [0.25, 0.3) is 0 Å². The first-order valence-corrected chi connectivity index (χ1v) is 7.27. The molecule has 17 heavy (non-hydrogen) atoms. The van der Waals surface area contributed by atoms with Crippen LogP contribution >= 0.6 is 35.3 Å².